The largest absolute Gasteiger partial charge is 0.359 e. The van der Waals surface area contributed by atoms with Gasteiger partial charge in [-0.1, -0.05) is 29.8 Å². The molecule has 1 atom stereocenters. The van der Waals surface area contributed by atoms with Crippen LogP contribution in [0.15, 0.2) is 72.0 Å². The number of anilines is 1. The number of hydrogen-bond acceptors (Lipinski definition) is 5. The molecule has 0 amide bonds. The van der Waals surface area contributed by atoms with Crippen LogP contribution in [0.2, 0.25) is 5.02 Å². The second kappa shape index (κ2) is 7.48. The lowest BCUT2D eigenvalue weighted by atomic mass is 10.1. The van der Waals surface area contributed by atoms with Crippen LogP contribution in [0.5, 0.6) is 0 Å². The maximum absolute atomic E-state index is 14.0. The number of benzene rings is 2. The van der Waals surface area contributed by atoms with Crippen LogP contribution in [0.25, 0.3) is 22.1 Å². The van der Waals surface area contributed by atoms with Crippen LogP contribution in [0.1, 0.15) is 18.7 Å². The third-order valence-corrected chi connectivity index (χ3v) is 5.40. The minimum absolute atomic E-state index is 0.328. The summed E-state index contributed by atoms with van der Waals surface area (Å²) in [7, 11) is 0. The normalized spacial score (nSPS) is 12.4. The lowest BCUT2D eigenvalue weighted by molar-refractivity contribution is 0.625. The molecule has 1 N–H and O–H groups in total. The van der Waals surface area contributed by atoms with E-state index in [-0.39, 0.29) is 11.6 Å². The van der Waals surface area contributed by atoms with Crippen molar-refractivity contribution in [2.45, 2.75) is 13.0 Å². The number of aromatic nitrogens is 5. The smallest absolute Gasteiger partial charge is 0.264 e. The summed E-state index contributed by atoms with van der Waals surface area (Å²) in [5, 5.41) is 8.83. The minimum atomic E-state index is -0.440. The lowest BCUT2D eigenvalue weighted by Gasteiger charge is -2.21. The molecule has 3 aromatic heterocycles. The Morgan fingerprint density at radius 1 is 1.13 bits per heavy atom. The zero-order chi connectivity index (χ0) is 21.5. The molecular weight excluding hydrogens is 419 g/mol. The van der Waals surface area contributed by atoms with Gasteiger partial charge in [-0.25, -0.2) is 18.9 Å². The van der Waals surface area contributed by atoms with Crippen LogP contribution < -0.4 is 10.9 Å². The summed E-state index contributed by atoms with van der Waals surface area (Å²) in [6.07, 6.45) is 4.76. The molecule has 5 rings (SSSR count). The van der Waals surface area contributed by atoms with Crippen molar-refractivity contribution in [2.24, 2.45) is 0 Å². The zero-order valence-electron chi connectivity index (χ0n) is 16.3. The molecule has 0 aliphatic rings. The molecule has 0 aliphatic carbocycles. The predicted octanol–water partition coefficient (Wildman–Crippen LogP) is 4.39. The number of nitrogens with zero attached hydrogens (tertiary/aromatic N) is 5. The first-order valence-corrected chi connectivity index (χ1v) is 9.92. The van der Waals surface area contributed by atoms with Crippen LogP contribution in [-0.4, -0.2) is 24.1 Å². The van der Waals surface area contributed by atoms with E-state index in [1.165, 1.54) is 23.0 Å². The van der Waals surface area contributed by atoms with Crippen LogP contribution >= 0.6 is 11.6 Å². The second-order valence-corrected chi connectivity index (χ2v) is 7.47. The Balaban J connectivity index is 1.72. The molecule has 1 unspecified atom stereocenters. The summed E-state index contributed by atoms with van der Waals surface area (Å²) in [4.78, 5) is 22.1. The van der Waals surface area contributed by atoms with E-state index in [2.05, 4.69) is 20.4 Å². The fourth-order valence-electron chi connectivity index (χ4n) is 3.68. The molecular formula is C22H16ClFN6O. The summed E-state index contributed by atoms with van der Waals surface area (Å²) in [6.45, 7) is 1.89. The van der Waals surface area contributed by atoms with Crippen molar-refractivity contribution < 1.29 is 4.39 Å². The van der Waals surface area contributed by atoms with Crippen molar-refractivity contribution in [1.82, 2.24) is 24.1 Å². The van der Waals surface area contributed by atoms with Gasteiger partial charge in [0.2, 0.25) is 0 Å². The highest BCUT2D eigenvalue weighted by Gasteiger charge is 2.19. The van der Waals surface area contributed by atoms with Gasteiger partial charge >= 0.3 is 0 Å². The summed E-state index contributed by atoms with van der Waals surface area (Å²) in [5.74, 6) is 0.0713. The van der Waals surface area contributed by atoms with E-state index in [1.807, 2.05) is 19.1 Å². The highest BCUT2D eigenvalue weighted by atomic mass is 35.5. The minimum Gasteiger partial charge on any atom is -0.359 e. The Kier molecular flexibility index (Phi) is 4.63. The van der Waals surface area contributed by atoms with Gasteiger partial charge in [-0.3, -0.25) is 9.36 Å². The molecule has 0 spiro atoms. The van der Waals surface area contributed by atoms with Crippen molar-refractivity contribution in [2.75, 3.05) is 5.32 Å². The topological polar surface area (TPSA) is 77.1 Å². The van der Waals surface area contributed by atoms with Crippen LogP contribution in [0, 0.1) is 5.82 Å². The standard InChI is InChI=1S/C22H16ClFN6O/c1-13(28-20-21-25-8-9-29(21)27-12-26-20)18-10-14-4-2-7-17(23)19(14)22(31)30(18)16-6-3-5-15(24)11-16/h2-13H,1H3,(H,26,27,28). The molecule has 154 valence electrons. The highest BCUT2D eigenvalue weighted by Crippen LogP contribution is 2.27. The first-order chi connectivity index (χ1) is 15.0. The number of fused-ring (bicyclic) bond motifs is 2. The van der Waals surface area contributed by atoms with Crippen molar-refractivity contribution in [3.8, 4) is 5.69 Å². The molecule has 5 aromatic rings. The quantitative estimate of drug-likeness (QED) is 0.454. The third kappa shape index (κ3) is 3.30. The number of pyridine rings is 1. The first-order valence-electron chi connectivity index (χ1n) is 9.54. The van der Waals surface area contributed by atoms with Crippen molar-refractivity contribution >= 4 is 33.8 Å². The van der Waals surface area contributed by atoms with Crippen molar-refractivity contribution in [1.29, 1.82) is 0 Å². The molecule has 0 saturated heterocycles. The zero-order valence-corrected chi connectivity index (χ0v) is 17.1. The van der Waals surface area contributed by atoms with E-state index in [0.29, 0.717) is 38.6 Å². The summed E-state index contributed by atoms with van der Waals surface area (Å²) < 4.78 is 17.1. The molecule has 0 saturated carbocycles. The number of hydrogen-bond donors (Lipinski definition) is 1. The molecule has 9 heteroatoms. The van der Waals surface area contributed by atoms with E-state index in [9.17, 15) is 9.18 Å². The maximum Gasteiger partial charge on any atom is 0.264 e. The van der Waals surface area contributed by atoms with Crippen LogP contribution in [0.3, 0.4) is 0 Å². The Hall–Kier alpha value is -3.78. The van der Waals surface area contributed by atoms with Gasteiger partial charge < -0.3 is 5.32 Å². The van der Waals surface area contributed by atoms with Gasteiger partial charge in [0.25, 0.3) is 5.56 Å². The van der Waals surface area contributed by atoms with E-state index in [0.717, 1.165) is 0 Å². The molecule has 0 fully saturated rings. The summed E-state index contributed by atoms with van der Waals surface area (Å²) in [6, 6.07) is 12.7. The monoisotopic (exact) mass is 434 g/mol. The first kappa shape index (κ1) is 19.2. The molecule has 0 radical (unpaired) electrons. The van der Waals surface area contributed by atoms with Gasteiger partial charge in [-0.15, -0.1) is 0 Å². The molecule has 0 aliphatic heterocycles. The fraction of sp³-hybridized carbons (Fsp3) is 0.0909. The van der Waals surface area contributed by atoms with Gasteiger partial charge in [0, 0.05) is 18.1 Å². The number of rotatable bonds is 4. The Labute approximate surface area is 180 Å². The van der Waals surface area contributed by atoms with E-state index >= 15 is 0 Å². The Morgan fingerprint density at radius 3 is 2.81 bits per heavy atom. The van der Waals surface area contributed by atoms with E-state index in [1.54, 1.807) is 41.2 Å². The van der Waals surface area contributed by atoms with Crippen molar-refractivity contribution in [3.63, 3.8) is 0 Å². The van der Waals surface area contributed by atoms with Gasteiger partial charge in [0.15, 0.2) is 11.5 Å². The number of halogens is 2. The van der Waals surface area contributed by atoms with E-state index < -0.39 is 5.82 Å². The number of imidazole rings is 1. The van der Waals surface area contributed by atoms with Gasteiger partial charge in [-0.2, -0.15) is 5.10 Å². The SMILES string of the molecule is CC(Nc1ncnn2ccnc12)c1cc2cccc(Cl)c2c(=O)n1-c1cccc(F)c1. The molecule has 0 bridgehead atoms. The Bertz CT molecular complexity index is 1490. The molecule has 7 nitrogen and oxygen atoms in total. The summed E-state index contributed by atoms with van der Waals surface area (Å²) >= 11 is 6.34. The highest BCUT2D eigenvalue weighted by molar-refractivity contribution is 6.35. The Morgan fingerprint density at radius 2 is 1.97 bits per heavy atom. The van der Waals surface area contributed by atoms with E-state index in [4.69, 9.17) is 11.6 Å². The second-order valence-electron chi connectivity index (χ2n) is 7.06. The number of nitrogens with one attached hydrogen (secondary N) is 1. The average molecular weight is 435 g/mol. The fourth-order valence-corrected chi connectivity index (χ4v) is 3.94. The van der Waals surface area contributed by atoms with Gasteiger partial charge in [0.05, 0.1) is 22.1 Å². The van der Waals surface area contributed by atoms with Crippen LogP contribution in [-0.2, 0) is 0 Å². The van der Waals surface area contributed by atoms with Crippen molar-refractivity contribution in [3.05, 3.63) is 94.1 Å². The molecule has 31 heavy (non-hydrogen) atoms. The maximum atomic E-state index is 14.0. The average Bonchev–Trinajstić information content (AvgIpc) is 3.23. The van der Waals surface area contributed by atoms with Gasteiger partial charge in [0.1, 0.15) is 12.1 Å². The molecule has 2 aromatic carbocycles. The molecule has 3 heterocycles. The predicted molar refractivity (Wildman–Crippen MR) is 117 cm³/mol. The van der Waals surface area contributed by atoms with Crippen LogP contribution in [0.4, 0.5) is 10.2 Å². The van der Waals surface area contributed by atoms with Gasteiger partial charge in [-0.05, 0) is 42.6 Å². The lowest BCUT2D eigenvalue weighted by Crippen LogP contribution is -2.26. The third-order valence-electron chi connectivity index (χ3n) is 5.08. The summed E-state index contributed by atoms with van der Waals surface area (Å²) in [5.41, 5.74) is 1.25.